The number of carbonyl (C=O) groups excluding carboxylic acids is 1. The quantitative estimate of drug-likeness (QED) is 0.791. The molecule has 23 heavy (non-hydrogen) atoms. The van der Waals surface area contributed by atoms with Crippen LogP contribution in [0.1, 0.15) is 33.4 Å². The maximum absolute atomic E-state index is 11.9. The van der Waals surface area contributed by atoms with Crippen molar-refractivity contribution in [3.05, 3.63) is 21.7 Å². The monoisotopic (exact) mass is 337 g/mol. The first kappa shape index (κ1) is 17.5. The molecule has 0 aliphatic carbocycles. The average Bonchev–Trinajstić information content (AvgIpc) is 2.98. The molecule has 0 bridgehead atoms. The molecule has 2 N–H and O–H groups in total. The number of ether oxygens (including phenoxy) is 2. The van der Waals surface area contributed by atoms with Crippen LogP contribution in [0.15, 0.2) is 0 Å². The number of aromatic nitrogens is 2. The third-order valence-electron chi connectivity index (χ3n) is 3.65. The van der Waals surface area contributed by atoms with Gasteiger partial charge in [-0.15, -0.1) is 11.3 Å². The zero-order chi connectivity index (χ0) is 17.1. The van der Waals surface area contributed by atoms with Gasteiger partial charge in [-0.3, -0.25) is 0 Å². The summed E-state index contributed by atoms with van der Waals surface area (Å²) in [6.45, 7) is 8.45. The molecule has 0 saturated carbocycles. The highest BCUT2D eigenvalue weighted by molar-refractivity contribution is 7.16. The predicted molar refractivity (Wildman–Crippen MR) is 92.4 cm³/mol. The molecule has 126 valence electrons. The molecule has 2 aromatic rings. The van der Waals surface area contributed by atoms with Gasteiger partial charge in [0.2, 0.25) is 0 Å². The molecule has 0 aromatic carbocycles. The number of rotatable bonds is 6. The summed E-state index contributed by atoms with van der Waals surface area (Å²) in [4.78, 5) is 20.9. The van der Waals surface area contributed by atoms with Crippen LogP contribution in [0.25, 0.3) is 11.4 Å². The van der Waals surface area contributed by atoms with Crippen molar-refractivity contribution in [2.45, 2.75) is 33.7 Å². The van der Waals surface area contributed by atoms with Crippen LogP contribution in [0, 0.1) is 20.8 Å². The van der Waals surface area contributed by atoms with Gasteiger partial charge in [-0.05, 0) is 33.3 Å². The fourth-order valence-corrected chi connectivity index (χ4v) is 3.52. The van der Waals surface area contributed by atoms with E-state index < -0.39 is 0 Å². The summed E-state index contributed by atoms with van der Waals surface area (Å²) in [7, 11) is 3.07. The number of nitrogens with one attached hydrogen (secondary N) is 2. The molecule has 0 radical (unpaired) electrons. The van der Waals surface area contributed by atoms with Gasteiger partial charge in [-0.1, -0.05) is 0 Å². The molecule has 0 aliphatic heterocycles. The first-order valence-electron chi connectivity index (χ1n) is 7.39. The number of nitrogens with zero attached hydrogens (tertiary/aromatic N) is 1. The van der Waals surface area contributed by atoms with Crippen LogP contribution in [0.3, 0.4) is 0 Å². The van der Waals surface area contributed by atoms with Gasteiger partial charge in [0, 0.05) is 23.7 Å². The minimum atomic E-state index is -0.331. The molecule has 6 nitrogen and oxygen atoms in total. The number of anilines is 1. The van der Waals surface area contributed by atoms with E-state index in [2.05, 4.69) is 15.3 Å². The molecule has 2 heterocycles. The number of hydrogen-bond donors (Lipinski definition) is 2. The second-order valence-electron chi connectivity index (χ2n) is 5.54. The average molecular weight is 337 g/mol. The van der Waals surface area contributed by atoms with Crippen molar-refractivity contribution in [1.82, 2.24) is 9.97 Å². The van der Waals surface area contributed by atoms with Crippen molar-refractivity contribution in [2.24, 2.45) is 0 Å². The molecule has 0 spiro atoms. The van der Waals surface area contributed by atoms with Gasteiger partial charge in [0.1, 0.15) is 5.69 Å². The van der Waals surface area contributed by atoms with Crippen LogP contribution in [-0.4, -0.2) is 42.8 Å². The van der Waals surface area contributed by atoms with Crippen LogP contribution in [0.2, 0.25) is 0 Å². The van der Waals surface area contributed by atoms with Crippen LogP contribution in [0.5, 0.6) is 0 Å². The van der Waals surface area contributed by atoms with Crippen LogP contribution in [-0.2, 0) is 9.47 Å². The number of esters is 1. The summed E-state index contributed by atoms with van der Waals surface area (Å²) in [5.41, 5.74) is 3.96. The zero-order valence-corrected chi connectivity index (χ0v) is 15.2. The molecule has 0 fully saturated rings. The number of aromatic amines is 1. The highest BCUT2D eigenvalue weighted by Crippen LogP contribution is 2.34. The molecule has 2 rings (SSSR count). The van der Waals surface area contributed by atoms with E-state index in [-0.39, 0.29) is 12.0 Å². The Morgan fingerprint density at radius 3 is 2.65 bits per heavy atom. The Balaban J connectivity index is 2.36. The fourth-order valence-electron chi connectivity index (χ4n) is 2.59. The third-order valence-corrected chi connectivity index (χ3v) is 4.55. The Kier molecular flexibility index (Phi) is 5.43. The van der Waals surface area contributed by atoms with E-state index in [1.807, 2.05) is 27.7 Å². The lowest BCUT2D eigenvalue weighted by Crippen LogP contribution is -2.20. The molecule has 1 atom stereocenters. The van der Waals surface area contributed by atoms with Gasteiger partial charge >= 0.3 is 5.97 Å². The first-order valence-corrected chi connectivity index (χ1v) is 8.21. The van der Waals surface area contributed by atoms with Crippen molar-refractivity contribution in [3.8, 4) is 11.4 Å². The Labute approximate surface area is 140 Å². The predicted octanol–water partition coefficient (Wildman–Crippen LogP) is 3.30. The number of methoxy groups -OCH3 is 2. The van der Waals surface area contributed by atoms with Gasteiger partial charge in [-0.2, -0.15) is 0 Å². The van der Waals surface area contributed by atoms with Gasteiger partial charge in [0.25, 0.3) is 0 Å². The Morgan fingerprint density at radius 2 is 2.04 bits per heavy atom. The standard InChI is InChI=1S/C16H23N3O3S/c1-8(7-21-5)17-16-19-14(11(4)23-16)13-9(2)12(10(3)18-13)15(20)22-6/h8,18H,7H2,1-6H3,(H,17,19)/t8-/m1/s1. The summed E-state index contributed by atoms with van der Waals surface area (Å²) in [5, 5.41) is 4.17. The summed E-state index contributed by atoms with van der Waals surface area (Å²) < 4.78 is 9.99. The number of H-pyrrole nitrogens is 1. The molecular formula is C16H23N3O3S. The van der Waals surface area contributed by atoms with Crippen molar-refractivity contribution >= 4 is 22.4 Å². The summed E-state index contributed by atoms with van der Waals surface area (Å²) >= 11 is 1.59. The molecule has 0 saturated heterocycles. The number of hydrogen-bond acceptors (Lipinski definition) is 6. The lowest BCUT2D eigenvalue weighted by atomic mass is 10.1. The SMILES string of the molecule is COC[C@@H](C)Nc1nc(-c2[nH]c(C)c(C(=O)OC)c2C)c(C)s1. The molecule has 0 unspecified atom stereocenters. The van der Waals surface area contributed by atoms with Crippen molar-refractivity contribution < 1.29 is 14.3 Å². The minimum Gasteiger partial charge on any atom is -0.465 e. The number of carbonyl (C=O) groups is 1. The largest absolute Gasteiger partial charge is 0.465 e. The maximum Gasteiger partial charge on any atom is 0.339 e. The van der Waals surface area contributed by atoms with Crippen LogP contribution >= 0.6 is 11.3 Å². The van der Waals surface area contributed by atoms with Crippen molar-refractivity contribution in [2.75, 3.05) is 26.1 Å². The molecule has 7 heteroatoms. The summed E-state index contributed by atoms with van der Waals surface area (Å²) in [6, 6.07) is 0.176. The lowest BCUT2D eigenvalue weighted by Gasteiger charge is -2.10. The van der Waals surface area contributed by atoms with E-state index in [9.17, 15) is 4.79 Å². The number of aryl methyl sites for hydroxylation is 2. The highest BCUT2D eigenvalue weighted by atomic mass is 32.1. The van der Waals surface area contributed by atoms with Crippen molar-refractivity contribution in [3.63, 3.8) is 0 Å². The summed E-state index contributed by atoms with van der Waals surface area (Å²) in [5.74, 6) is -0.331. The Morgan fingerprint density at radius 1 is 1.35 bits per heavy atom. The lowest BCUT2D eigenvalue weighted by molar-refractivity contribution is 0.0599. The number of thiazole rings is 1. The maximum atomic E-state index is 11.9. The van der Waals surface area contributed by atoms with Gasteiger partial charge < -0.3 is 19.8 Å². The molecule has 0 amide bonds. The molecule has 2 aromatic heterocycles. The molecule has 0 aliphatic rings. The second kappa shape index (κ2) is 7.14. The fraction of sp³-hybridized carbons (Fsp3) is 0.500. The van der Waals surface area contributed by atoms with Crippen molar-refractivity contribution in [1.29, 1.82) is 0 Å². The van der Waals surface area contributed by atoms with Crippen LogP contribution in [0.4, 0.5) is 5.13 Å². The van der Waals surface area contributed by atoms with E-state index in [4.69, 9.17) is 9.47 Å². The topological polar surface area (TPSA) is 76.2 Å². The molecular weight excluding hydrogens is 314 g/mol. The smallest absolute Gasteiger partial charge is 0.339 e. The van der Waals surface area contributed by atoms with E-state index in [1.165, 1.54) is 7.11 Å². The van der Waals surface area contributed by atoms with E-state index >= 15 is 0 Å². The van der Waals surface area contributed by atoms with Gasteiger partial charge in [0.15, 0.2) is 5.13 Å². The van der Waals surface area contributed by atoms with E-state index in [0.29, 0.717) is 12.2 Å². The Bertz CT molecular complexity index is 706. The van der Waals surface area contributed by atoms with E-state index in [0.717, 1.165) is 32.7 Å². The minimum absolute atomic E-state index is 0.176. The van der Waals surface area contributed by atoms with Gasteiger partial charge in [-0.25, -0.2) is 9.78 Å². The second-order valence-corrected chi connectivity index (χ2v) is 6.74. The zero-order valence-electron chi connectivity index (χ0n) is 14.4. The van der Waals surface area contributed by atoms with Crippen LogP contribution < -0.4 is 5.32 Å². The normalized spacial score (nSPS) is 12.3. The van der Waals surface area contributed by atoms with Gasteiger partial charge in [0.05, 0.1) is 25.0 Å². The third kappa shape index (κ3) is 3.56. The highest BCUT2D eigenvalue weighted by Gasteiger charge is 2.22. The first-order chi connectivity index (χ1) is 10.9. The summed E-state index contributed by atoms with van der Waals surface area (Å²) in [6.07, 6.45) is 0. The van der Waals surface area contributed by atoms with E-state index in [1.54, 1.807) is 18.4 Å². The Hall–Kier alpha value is -1.86.